The molecule has 1 atom stereocenters. The van der Waals surface area contributed by atoms with Gasteiger partial charge in [0, 0.05) is 32.0 Å². The van der Waals surface area contributed by atoms with Gasteiger partial charge in [0.05, 0.1) is 30.5 Å². The highest BCUT2D eigenvalue weighted by Crippen LogP contribution is 2.20. The van der Waals surface area contributed by atoms with E-state index in [4.69, 9.17) is 5.26 Å². The fraction of sp³-hybridized carbons (Fsp3) is 0.500. The quantitative estimate of drug-likeness (QED) is 0.837. The van der Waals surface area contributed by atoms with Crippen molar-refractivity contribution in [1.29, 1.82) is 5.26 Å². The lowest BCUT2D eigenvalue weighted by atomic mass is 10.3. The van der Waals surface area contributed by atoms with Crippen LogP contribution in [0.5, 0.6) is 0 Å². The molecular weight excluding hydrogens is 252 g/mol. The highest BCUT2D eigenvalue weighted by molar-refractivity contribution is 5.22. The first-order valence-electron chi connectivity index (χ1n) is 6.90. The zero-order chi connectivity index (χ0) is 13.9. The first kappa shape index (κ1) is 12.9. The van der Waals surface area contributed by atoms with E-state index in [0.717, 1.165) is 32.6 Å². The summed E-state index contributed by atoms with van der Waals surface area (Å²) in [5.74, 6) is 0. The van der Waals surface area contributed by atoms with Crippen molar-refractivity contribution in [2.75, 3.05) is 19.6 Å². The Kier molecular flexibility index (Phi) is 3.52. The molecule has 6 nitrogen and oxygen atoms in total. The molecule has 2 aromatic heterocycles. The molecule has 2 aromatic rings. The third-order valence-corrected chi connectivity index (χ3v) is 3.76. The molecular formula is C14H18N6. The fourth-order valence-electron chi connectivity index (χ4n) is 2.66. The second-order valence-corrected chi connectivity index (χ2v) is 5.34. The van der Waals surface area contributed by atoms with Crippen molar-refractivity contribution in [3.63, 3.8) is 0 Å². The average Bonchev–Trinajstić information content (AvgIpc) is 3.16. The summed E-state index contributed by atoms with van der Waals surface area (Å²) in [6.45, 7) is 6.05. The van der Waals surface area contributed by atoms with Crippen molar-refractivity contribution < 1.29 is 0 Å². The summed E-state index contributed by atoms with van der Waals surface area (Å²) >= 11 is 0. The minimum atomic E-state index is 0.386. The van der Waals surface area contributed by atoms with Gasteiger partial charge < -0.3 is 0 Å². The molecule has 0 N–H and O–H groups in total. The standard InChI is InChI=1S/C14H18N6/c1-12-7-16-19(9-12)5-4-18-3-2-14(11-18)20-10-13(6-15)8-17-20/h7-10,14H,2-5,11H2,1H3. The van der Waals surface area contributed by atoms with Crippen LogP contribution in [0, 0.1) is 18.3 Å². The van der Waals surface area contributed by atoms with E-state index in [1.165, 1.54) is 5.56 Å². The van der Waals surface area contributed by atoms with E-state index in [2.05, 4.69) is 34.3 Å². The highest BCUT2D eigenvalue weighted by atomic mass is 15.3. The molecule has 1 aliphatic rings. The predicted octanol–water partition coefficient (Wildman–Crippen LogP) is 1.21. The van der Waals surface area contributed by atoms with Crippen LogP contribution in [0.1, 0.15) is 23.6 Å². The van der Waals surface area contributed by atoms with E-state index < -0.39 is 0 Å². The Bertz CT molecular complexity index is 620. The predicted molar refractivity (Wildman–Crippen MR) is 74.0 cm³/mol. The van der Waals surface area contributed by atoms with Gasteiger partial charge in [-0.25, -0.2) is 0 Å². The fourth-order valence-corrected chi connectivity index (χ4v) is 2.66. The van der Waals surface area contributed by atoms with Crippen molar-refractivity contribution in [2.45, 2.75) is 25.9 Å². The van der Waals surface area contributed by atoms with Crippen LogP contribution in [0.3, 0.4) is 0 Å². The third-order valence-electron chi connectivity index (χ3n) is 3.76. The van der Waals surface area contributed by atoms with Gasteiger partial charge in [-0.05, 0) is 18.9 Å². The minimum absolute atomic E-state index is 0.386. The van der Waals surface area contributed by atoms with Gasteiger partial charge in [0.2, 0.25) is 0 Å². The number of hydrogen-bond acceptors (Lipinski definition) is 4. The van der Waals surface area contributed by atoms with Crippen LogP contribution < -0.4 is 0 Å². The Hall–Kier alpha value is -2.13. The Balaban J connectivity index is 1.53. The van der Waals surface area contributed by atoms with E-state index in [1.807, 2.05) is 21.8 Å². The van der Waals surface area contributed by atoms with Crippen LogP contribution in [0.15, 0.2) is 24.8 Å². The maximum absolute atomic E-state index is 8.83. The summed E-state index contributed by atoms with van der Waals surface area (Å²) in [5, 5.41) is 17.4. The van der Waals surface area contributed by atoms with Crippen LogP contribution in [-0.2, 0) is 6.54 Å². The zero-order valence-electron chi connectivity index (χ0n) is 11.6. The Labute approximate surface area is 118 Å². The van der Waals surface area contributed by atoms with Crippen molar-refractivity contribution in [1.82, 2.24) is 24.5 Å². The Morgan fingerprint density at radius 2 is 2.20 bits per heavy atom. The Morgan fingerprint density at radius 3 is 2.90 bits per heavy atom. The summed E-state index contributed by atoms with van der Waals surface area (Å²) in [6, 6.07) is 2.51. The number of aryl methyl sites for hydroxylation is 1. The maximum Gasteiger partial charge on any atom is 0.102 e. The molecule has 20 heavy (non-hydrogen) atoms. The molecule has 3 rings (SSSR count). The van der Waals surface area contributed by atoms with E-state index in [9.17, 15) is 0 Å². The van der Waals surface area contributed by atoms with E-state index in [-0.39, 0.29) is 0 Å². The first-order valence-corrected chi connectivity index (χ1v) is 6.90. The molecule has 0 radical (unpaired) electrons. The van der Waals surface area contributed by atoms with Gasteiger partial charge in [-0.1, -0.05) is 0 Å². The summed E-state index contributed by atoms with van der Waals surface area (Å²) in [7, 11) is 0. The van der Waals surface area contributed by atoms with Crippen LogP contribution in [0.4, 0.5) is 0 Å². The molecule has 1 saturated heterocycles. The van der Waals surface area contributed by atoms with Gasteiger partial charge in [-0.3, -0.25) is 14.3 Å². The van der Waals surface area contributed by atoms with Crippen LogP contribution in [0.2, 0.25) is 0 Å². The largest absolute Gasteiger partial charge is 0.299 e. The SMILES string of the molecule is Cc1cnn(CCN2CCC(n3cc(C#N)cn3)C2)c1. The number of hydrogen-bond donors (Lipinski definition) is 0. The molecule has 0 aliphatic carbocycles. The van der Waals surface area contributed by atoms with Crippen molar-refractivity contribution in [3.05, 3.63) is 35.9 Å². The van der Waals surface area contributed by atoms with Crippen molar-refractivity contribution in [2.24, 2.45) is 0 Å². The number of aromatic nitrogens is 4. The van der Waals surface area contributed by atoms with Gasteiger partial charge in [0.25, 0.3) is 0 Å². The molecule has 104 valence electrons. The molecule has 0 saturated carbocycles. The second-order valence-electron chi connectivity index (χ2n) is 5.34. The minimum Gasteiger partial charge on any atom is -0.299 e. The van der Waals surface area contributed by atoms with Gasteiger partial charge >= 0.3 is 0 Å². The highest BCUT2D eigenvalue weighted by Gasteiger charge is 2.24. The molecule has 3 heterocycles. The summed E-state index contributed by atoms with van der Waals surface area (Å²) in [6.07, 6.45) is 8.52. The zero-order valence-corrected chi connectivity index (χ0v) is 11.6. The van der Waals surface area contributed by atoms with Gasteiger partial charge in [0.1, 0.15) is 6.07 Å². The molecule has 0 aromatic carbocycles. The van der Waals surface area contributed by atoms with Crippen LogP contribution >= 0.6 is 0 Å². The van der Waals surface area contributed by atoms with Gasteiger partial charge in [0.15, 0.2) is 0 Å². The molecule has 0 bridgehead atoms. The number of nitrogens with zero attached hydrogens (tertiary/aromatic N) is 6. The van der Waals surface area contributed by atoms with E-state index in [0.29, 0.717) is 11.6 Å². The first-order chi connectivity index (χ1) is 9.74. The van der Waals surface area contributed by atoms with Gasteiger partial charge in [-0.2, -0.15) is 15.5 Å². The number of rotatable bonds is 4. The normalized spacial score (nSPS) is 19.3. The van der Waals surface area contributed by atoms with Gasteiger partial charge in [-0.15, -0.1) is 0 Å². The monoisotopic (exact) mass is 270 g/mol. The smallest absolute Gasteiger partial charge is 0.102 e. The van der Waals surface area contributed by atoms with Crippen LogP contribution in [0.25, 0.3) is 0 Å². The summed E-state index contributed by atoms with van der Waals surface area (Å²) in [5.41, 5.74) is 1.83. The molecule has 1 fully saturated rings. The maximum atomic E-state index is 8.83. The topological polar surface area (TPSA) is 62.7 Å². The number of nitriles is 1. The lowest BCUT2D eigenvalue weighted by molar-refractivity contribution is 0.300. The molecule has 0 spiro atoms. The van der Waals surface area contributed by atoms with Crippen molar-refractivity contribution in [3.8, 4) is 6.07 Å². The Morgan fingerprint density at radius 1 is 1.30 bits per heavy atom. The van der Waals surface area contributed by atoms with Crippen LogP contribution in [-0.4, -0.2) is 44.1 Å². The average molecular weight is 270 g/mol. The summed E-state index contributed by atoms with van der Waals surface area (Å²) in [4.78, 5) is 2.43. The molecule has 6 heteroatoms. The third kappa shape index (κ3) is 2.73. The molecule has 1 aliphatic heterocycles. The van der Waals surface area contributed by atoms with Crippen molar-refractivity contribution >= 4 is 0 Å². The second kappa shape index (κ2) is 5.47. The summed E-state index contributed by atoms with van der Waals surface area (Å²) < 4.78 is 3.92. The lowest BCUT2D eigenvalue weighted by Gasteiger charge is -2.16. The molecule has 1 unspecified atom stereocenters. The lowest BCUT2D eigenvalue weighted by Crippen LogP contribution is -2.26. The molecule has 0 amide bonds. The number of likely N-dealkylation sites (tertiary alicyclic amines) is 1. The van der Waals surface area contributed by atoms with E-state index >= 15 is 0 Å². The van der Waals surface area contributed by atoms with E-state index in [1.54, 1.807) is 6.20 Å².